The van der Waals surface area contributed by atoms with Crippen LogP contribution in [0.15, 0.2) is 0 Å². The number of epoxide rings is 1. The van der Waals surface area contributed by atoms with Crippen LogP contribution < -0.4 is 0 Å². The lowest BCUT2D eigenvalue weighted by atomic mass is 10.1. The van der Waals surface area contributed by atoms with E-state index in [2.05, 4.69) is 18.7 Å². The molecule has 1 aliphatic rings. The Morgan fingerprint density at radius 2 is 1.23 bits per heavy atom. The molecule has 0 aliphatic carbocycles. The van der Waals surface area contributed by atoms with Gasteiger partial charge in [-0.05, 0) is 19.5 Å². The summed E-state index contributed by atoms with van der Waals surface area (Å²) in [6, 6.07) is 0. The zero-order valence-electron chi connectivity index (χ0n) is 15.2. The average Bonchev–Trinajstić information content (AvgIpc) is 3.31. The van der Waals surface area contributed by atoms with Crippen LogP contribution in [0, 0.1) is 0 Å². The van der Waals surface area contributed by atoms with Crippen LogP contribution in [-0.4, -0.2) is 37.2 Å². The molecule has 0 aromatic carbocycles. The van der Waals surface area contributed by atoms with Crippen LogP contribution in [0.4, 0.5) is 0 Å². The number of ether oxygens (including phenoxy) is 1. The van der Waals surface area contributed by atoms with Gasteiger partial charge in [0.1, 0.15) is 0 Å². The van der Waals surface area contributed by atoms with Crippen molar-refractivity contribution in [3.05, 3.63) is 0 Å². The van der Waals surface area contributed by atoms with E-state index in [0.717, 1.165) is 13.2 Å². The van der Waals surface area contributed by atoms with Gasteiger partial charge in [-0.1, -0.05) is 84.5 Å². The molecule has 0 aromatic heterocycles. The third kappa shape index (κ3) is 14.0. The average molecular weight is 378 g/mol. The van der Waals surface area contributed by atoms with Gasteiger partial charge in [-0.2, -0.15) is 0 Å². The Balaban J connectivity index is 0.00000441. The minimum absolute atomic E-state index is 0. The summed E-state index contributed by atoms with van der Waals surface area (Å²) in [6.45, 7) is 9.16. The van der Waals surface area contributed by atoms with E-state index < -0.39 is 0 Å². The molecule has 134 valence electrons. The number of hydrogen-bond acceptors (Lipinski definition) is 2. The highest BCUT2D eigenvalue weighted by atomic mass is 79.9. The van der Waals surface area contributed by atoms with Crippen LogP contribution in [0.5, 0.6) is 0 Å². The second-order valence-corrected chi connectivity index (χ2v) is 6.74. The Bertz CT molecular complexity index is 221. The molecule has 0 amide bonds. The van der Waals surface area contributed by atoms with Crippen LogP contribution in [0.1, 0.15) is 90.9 Å². The largest absolute Gasteiger partial charge is 0.372 e. The molecule has 1 unspecified atom stereocenters. The van der Waals surface area contributed by atoms with Crippen LogP contribution in [-0.2, 0) is 4.74 Å². The second kappa shape index (κ2) is 16.3. The summed E-state index contributed by atoms with van der Waals surface area (Å²) >= 11 is 0. The standard InChI is InChI=1S/C19H39NO.BrH/c1-3-5-6-7-8-9-10-11-12-13-14-15-16-20(4-2)17-19-18-21-19;/h19H,3-18H2,1-2H3;1H. The molecule has 1 aliphatic heterocycles. The first-order chi connectivity index (χ1) is 10.4. The lowest BCUT2D eigenvalue weighted by molar-refractivity contribution is 0.247. The zero-order chi connectivity index (χ0) is 15.2. The van der Waals surface area contributed by atoms with Gasteiger partial charge >= 0.3 is 0 Å². The van der Waals surface area contributed by atoms with Gasteiger partial charge in [-0.15, -0.1) is 17.0 Å². The fourth-order valence-electron chi connectivity index (χ4n) is 3.02. The fourth-order valence-corrected chi connectivity index (χ4v) is 3.02. The number of halogens is 1. The summed E-state index contributed by atoms with van der Waals surface area (Å²) in [5.74, 6) is 0. The highest BCUT2D eigenvalue weighted by Crippen LogP contribution is 2.13. The lowest BCUT2D eigenvalue weighted by Crippen LogP contribution is -2.28. The summed E-state index contributed by atoms with van der Waals surface area (Å²) in [5, 5.41) is 0. The van der Waals surface area contributed by atoms with Gasteiger partial charge in [0.25, 0.3) is 0 Å². The van der Waals surface area contributed by atoms with E-state index in [1.165, 1.54) is 90.1 Å². The van der Waals surface area contributed by atoms with Crippen molar-refractivity contribution >= 4 is 17.0 Å². The Labute approximate surface area is 150 Å². The highest BCUT2D eigenvalue weighted by Gasteiger charge is 2.24. The maximum absolute atomic E-state index is 5.31. The number of likely N-dealkylation sites (N-methyl/N-ethyl adjacent to an activating group) is 1. The van der Waals surface area contributed by atoms with Gasteiger partial charge in [-0.3, -0.25) is 0 Å². The van der Waals surface area contributed by atoms with E-state index in [9.17, 15) is 0 Å². The van der Waals surface area contributed by atoms with Gasteiger partial charge in [0.15, 0.2) is 0 Å². The first kappa shape index (κ1) is 22.4. The minimum atomic E-state index is 0. The lowest BCUT2D eigenvalue weighted by Gasteiger charge is -2.18. The van der Waals surface area contributed by atoms with Gasteiger partial charge in [0, 0.05) is 6.54 Å². The molecule has 0 saturated carbocycles. The van der Waals surface area contributed by atoms with Crippen LogP contribution >= 0.6 is 17.0 Å². The molecule has 0 radical (unpaired) electrons. The minimum Gasteiger partial charge on any atom is -0.372 e. The predicted molar refractivity (Wildman–Crippen MR) is 103 cm³/mol. The first-order valence-electron chi connectivity index (χ1n) is 9.70. The normalized spacial score (nSPS) is 16.8. The molecule has 0 aromatic rings. The molecule has 2 nitrogen and oxygen atoms in total. The van der Waals surface area contributed by atoms with Gasteiger partial charge in [-0.25, -0.2) is 0 Å². The molecular formula is C19H40BrNO. The Kier molecular flexibility index (Phi) is 16.6. The van der Waals surface area contributed by atoms with E-state index in [0.29, 0.717) is 6.10 Å². The fraction of sp³-hybridized carbons (Fsp3) is 1.00. The van der Waals surface area contributed by atoms with Crippen molar-refractivity contribution in [2.45, 2.75) is 97.0 Å². The van der Waals surface area contributed by atoms with Crippen LogP contribution in [0.25, 0.3) is 0 Å². The Morgan fingerprint density at radius 3 is 1.64 bits per heavy atom. The van der Waals surface area contributed by atoms with E-state index in [1.807, 2.05) is 0 Å². The zero-order valence-corrected chi connectivity index (χ0v) is 16.9. The summed E-state index contributed by atoms with van der Waals surface area (Å²) in [7, 11) is 0. The Morgan fingerprint density at radius 1 is 0.773 bits per heavy atom. The number of nitrogens with zero attached hydrogens (tertiary/aromatic N) is 1. The molecule has 3 heteroatoms. The third-order valence-corrected chi connectivity index (χ3v) is 4.64. The topological polar surface area (TPSA) is 15.8 Å². The van der Waals surface area contributed by atoms with Gasteiger partial charge in [0.2, 0.25) is 0 Å². The predicted octanol–water partition coefficient (Wildman–Crippen LogP) is 5.99. The molecule has 1 rings (SSSR count). The van der Waals surface area contributed by atoms with Crippen molar-refractivity contribution in [3.8, 4) is 0 Å². The quantitative estimate of drug-likeness (QED) is 0.242. The molecule has 0 spiro atoms. The maximum atomic E-state index is 5.31. The SMILES string of the molecule is Br.CCCCCCCCCCCCCCN(CC)CC1CO1. The highest BCUT2D eigenvalue weighted by molar-refractivity contribution is 8.93. The van der Waals surface area contributed by atoms with Crippen LogP contribution in [0.3, 0.4) is 0 Å². The van der Waals surface area contributed by atoms with Gasteiger partial charge < -0.3 is 9.64 Å². The second-order valence-electron chi connectivity index (χ2n) is 6.74. The summed E-state index contributed by atoms with van der Waals surface area (Å²) in [6.07, 6.45) is 17.8. The number of unbranched alkanes of at least 4 members (excludes halogenated alkanes) is 11. The monoisotopic (exact) mass is 377 g/mol. The first-order valence-corrected chi connectivity index (χ1v) is 9.70. The Hall–Kier alpha value is 0.400. The van der Waals surface area contributed by atoms with Crippen molar-refractivity contribution in [2.75, 3.05) is 26.2 Å². The summed E-state index contributed by atoms with van der Waals surface area (Å²) in [5.41, 5.74) is 0. The molecule has 1 atom stereocenters. The summed E-state index contributed by atoms with van der Waals surface area (Å²) in [4.78, 5) is 2.55. The molecule has 1 saturated heterocycles. The molecule has 1 heterocycles. The van der Waals surface area contributed by atoms with Crippen LogP contribution in [0.2, 0.25) is 0 Å². The van der Waals surface area contributed by atoms with Crippen molar-refractivity contribution in [1.29, 1.82) is 0 Å². The molecule has 22 heavy (non-hydrogen) atoms. The van der Waals surface area contributed by atoms with E-state index >= 15 is 0 Å². The molecule has 0 N–H and O–H groups in total. The molecular weight excluding hydrogens is 338 g/mol. The van der Waals surface area contributed by atoms with E-state index in [4.69, 9.17) is 4.74 Å². The number of hydrogen-bond donors (Lipinski definition) is 0. The van der Waals surface area contributed by atoms with Crippen molar-refractivity contribution in [2.24, 2.45) is 0 Å². The van der Waals surface area contributed by atoms with E-state index in [1.54, 1.807) is 0 Å². The van der Waals surface area contributed by atoms with Crippen molar-refractivity contribution in [1.82, 2.24) is 4.90 Å². The maximum Gasteiger partial charge on any atom is 0.0936 e. The van der Waals surface area contributed by atoms with Gasteiger partial charge in [0.05, 0.1) is 12.7 Å². The number of rotatable bonds is 16. The van der Waals surface area contributed by atoms with E-state index in [-0.39, 0.29) is 17.0 Å². The molecule has 0 bridgehead atoms. The van der Waals surface area contributed by atoms with Crippen molar-refractivity contribution < 1.29 is 4.74 Å². The summed E-state index contributed by atoms with van der Waals surface area (Å²) < 4.78 is 5.31. The van der Waals surface area contributed by atoms with Crippen molar-refractivity contribution in [3.63, 3.8) is 0 Å². The smallest absolute Gasteiger partial charge is 0.0936 e. The molecule has 1 fully saturated rings. The third-order valence-electron chi connectivity index (χ3n) is 4.64.